The number of carbonyl (C=O) groups is 9. The van der Waals surface area contributed by atoms with Gasteiger partial charge in [0, 0.05) is 90.5 Å². The molecule has 0 amide bonds. The van der Waals surface area contributed by atoms with E-state index in [-0.39, 0.29) is 71.2 Å². The van der Waals surface area contributed by atoms with Crippen molar-refractivity contribution in [2.45, 2.75) is 38.5 Å². The monoisotopic (exact) mass is 716 g/mol. The zero-order chi connectivity index (χ0) is 24.4. The van der Waals surface area contributed by atoms with E-state index in [4.69, 9.17) is 30.6 Å². The van der Waals surface area contributed by atoms with E-state index < -0.39 is 91.7 Å². The van der Waals surface area contributed by atoms with E-state index >= 15 is 0 Å². The Balaban J connectivity index is -0.000000110. The molecule has 2 radical (unpaired) electrons. The summed E-state index contributed by atoms with van der Waals surface area (Å²) in [5, 5.41) is 47.9. The Morgan fingerprint density at radius 2 is 0.500 bits per heavy atom. The van der Waals surface area contributed by atoms with Crippen LogP contribution in [0.3, 0.4) is 0 Å². The number of hydrogen-bond donors (Lipinski definition) is 6. The van der Waals surface area contributed by atoms with Crippen molar-refractivity contribution in [2.75, 3.05) is 0 Å². The van der Waals surface area contributed by atoms with Crippen LogP contribution in [0.4, 0.5) is 0 Å². The number of rotatable bonds is 12. The van der Waals surface area contributed by atoms with Gasteiger partial charge in [-0.2, -0.15) is 0 Å². The molecule has 0 aromatic heterocycles. The maximum absolute atomic E-state index is 10.2. The summed E-state index contributed by atoms with van der Waals surface area (Å²) in [6, 6.07) is 0. The third-order valence-electron chi connectivity index (χ3n) is 2.41. The van der Waals surface area contributed by atoms with Gasteiger partial charge in [-0.05, 0) is 0 Å². The second-order valence-corrected chi connectivity index (χ2v) is 4.87. The van der Waals surface area contributed by atoms with E-state index in [1.165, 1.54) is 0 Å². The standard InChI is InChI=1S/3C5H6O5.2La/c3*6-3(5(9)10)1-2-4(7)8;;/h3*1-2H2,(H,7,8)(H,9,10);;. The largest absolute Gasteiger partial charge is 0.481 e. The fourth-order valence-electron chi connectivity index (χ4n) is 0.982. The van der Waals surface area contributed by atoms with Crippen LogP contribution in [-0.4, -0.2) is 83.8 Å². The number of ketones is 3. The first kappa shape index (κ1) is 40.6. The van der Waals surface area contributed by atoms with E-state index in [0.29, 0.717) is 0 Å². The summed E-state index contributed by atoms with van der Waals surface area (Å²) < 4.78 is 0. The first-order valence-electron chi connectivity index (χ1n) is 7.55. The molecule has 0 aliphatic heterocycles. The van der Waals surface area contributed by atoms with Gasteiger partial charge in [0.05, 0.1) is 19.3 Å². The van der Waals surface area contributed by atoms with Crippen LogP contribution >= 0.6 is 0 Å². The average Bonchev–Trinajstić information content (AvgIpc) is 2.62. The molecule has 6 N–H and O–H groups in total. The Hall–Kier alpha value is -1.78. The van der Waals surface area contributed by atoms with Crippen LogP contribution in [0.2, 0.25) is 0 Å². The molecule has 0 bridgehead atoms. The number of Topliss-reactive ketones (excluding diaryl/α,β-unsaturated/α-hetero) is 3. The van der Waals surface area contributed by atoms with Gasteiger partial charge in [0.2, 0.25) is 17.3 Å². The van der Waals surface area contributed by atoms with Crippen molar-refractivity contribution < 1.29 is 145 Å². The topological polar surface area (TPSA) is 275 Å². The molecule has 32 heavy (non-hydrogen) atoms. The zero-order valence-corrected chi connectivity index (χ0v) is 23.5. The Bertz CT molecular complexity index is 619. The molecule has 17 heteroatoms. The molecule has 0 aromatic carbocycles. The van der Waals surface area contributed by atoms with Gasteiger partial charge < -0.3 is 30.6 Å². The van der Waals surface area contributed by atoms with Crippen LogP contribution in [0.5, 0.6) is 0 Å². The van der Waals surface area contributed by atoms with Crippen molar-refractivity contribution >= 4 is 53.2 Å². The van der Waals surface area contributed by atoms with E-state index in [2.05, 4.69) is 0 Å². The van der Waals surface area contributed by atoms with E-state index in [0.717, 1.165) is 0 Å². The minimum Gasteiger partial charge on any atom is -0.481 e. The smallest absolute Gasteiger partial charge is 0.372 e. The van der Waals surface area contributed by atoms with Crippen LogP contribution in [0.15, 0.2) is 0 Å². The molecule has 0 aliphatic rings. The normalized spacial score (nSPS) is 8.25. The number of carboxylic acid groups (broad SMARTS) is 6. The van der Waals surface area contributed by atoms with Crippen molar-refractivity contribution in [3.63, 3.8) is 0 Å². The van der Waals surface area contributed by atoms with Crippen molar-refractivity contribution in [1.29, 1.82) is 0 Å². The fourth-order valence-corrected chi connectivity index (χ4v) is 0.982. The molecule has 0 fully saturated rings. The first-order valence-corrected chi connectivity index (χ1v) is 7.55. The van der Waals surface area contributed by atoms with Gasteiger partial charge in [-0.25, -0.2) is 14.4 Å². The van der Waals surface area contributed by atoms with Gasteiger partial charge in [0.15, 0.2) is 0 Å². The maximum Gasteiger partial charge on any atom is 0.372 e. The average molecular weight is 716 g/mol. The van der Waals surface area contributed by atoms with Gasteiger partial charge in [-0.3, -0.25) is 28.8 Å². The number of aliphatic carboxylic acids is 6. The Labute approximate surface area is 234 Å². The third-order valence-corrected chi connectivity index (χ3v) is 2.41. The molecule has 15 nitrogen and oxygen atoms in total. The summed E-state index contributed by atoms with van der Waals surface area (Å²) in [7, 11) is 0. The molecular weight excluding hydrogens is 698 g/mol. The fraction of sp³-hybridized carbons (Fsp3) is 0.400. The quantitative estimate of drug-likeness (QED) is 0.126. The van der Waals surface area contributed by atoms with Gasteiger partial charge >= 0.3 is 35.8 Å². The summed E-state index contributed by atoms with van der Waals surface area (Å²) in [6.45, 7) is 0. The Morgan fingerprint density at radius 1 is 0.344 bits per heavy atom. The van der Waals surface area contributed by atoms with E-state index in [1.807, 2.05) is 0 Å². The second-order valence-electron chi connectivity index (χ2n) is 4.87. The van der Waals surface area contributed by atoms with E-state index in [1.54, 1.807) is 0 Å². The van der Waals surface area contributed by atoms with Crippen molar-refractivity contribution in [1.82, 2.24) is 0 Å². The molecule has 0 atom stereocenters. The summed E-state index contributed by atoms with van der Waals surface area (Å²) in [5.74, 6) is -11.5. The zero-order valence-electron chi connectivity index (χ0n) is 16.3. The molecular formula is C15H18La2O15. The van der Waals surface area contributed by atoms with Gasteiger partial charge in [0.25, 0.3) is 0 Å². The molecule has 0 aliphatic carbocycles. The Kier molecular flexibility index (Phi) is 30.3. The van der Waals surface area contributed by atoms with Gasteiger partial charge in [0.1, 0.15) is 0 Å². The van der Waals surface area contributed by atoms with E-state index in [9.17, 15) is 43.2 Å². The predicted octanol–water partition coefficient (Wildman–Crippen LogP) is -1.49. The summed E-state index contributed by atoms with van der Waals surface area (Å²) >= 11 is 0. The molecule has 0 saturated carbocycles. The van der Waals surface area contributed by atoms with Crippen LogP contribution in [0.25, 0.3) is 0 Å². The SMILES string of the molecule is O=C(O)CCC(=O)C(=O)O.O=C(O)CCC(=O)C(=O)O.O=C(O)CCC(=O)C(=O)O.[La].[La]. The number of carbonyl (C=O) groups excluding carboxylic acids is 3. The minimum absolute atomic E-state index is 0. The van der Waals surface area contributed by atoms with Crippen LogP contribution in [-0.2, 0) is 43.2 Å². The molecule has 0 unspecified atom stereocenters. The summed E-state index contributed by atoms with van der Waals surface area (Å²) in [5.41, 5.74) is 0. The summed E-state index contributed by atoms with van der Waals surface area (Å²) in [6.07, 6.45) is -2.60. The van der Waals surface area contributed by atoms with Gasteiger partial charge in [-0.1, -0.05) is 0 Å². The van der Waals surface area contributed by atoms with Crippen LogP contribution < -0.4 is 0 Å². The summed E-state index contributed by atoms with van der Waals surface area (Å²) in [4.78, 5) is 89.2. The van der Waals surface area contributed by atoms with Crippen LogP contribution in [0.1, 0.15) is 38.5 Å². The number of hydrogen-bond acceptors (Lipinski definition) is 9. The van der Waals surface area contributed by atoms with Gasteiger partial charge in [-0.15, -0.1) is 0 Å². The molecule has 0 aromatic rings. The predicted molar refractivity (Wildman–Crippen MR) is 88.5 cm³/mol. The maximum atomic E-state index is 10.2. The molecule has 0 heterocycles. The third kappa shape index (κ3) is 32.9. The van der Waals surface area contributed by atoms with Crippen molar-refractivity contribution in [3.05, 3.63) is 0 Å². The molecule has 0 saturated heterocycles. The molecule has 174 valence electrons. The van der Waals surface area contributed by atoms with Crippen molar-refractivity contribution in [3.8, 4) is 0 Å². The number of carboxylic acids is 6. The molecule has 0 spiro atoms. The Morgan fingerprint density at radius 3 is 0.594 bits per heavy atom. The minimum atomic E-state index is -1.58. The molecule has 0 rings (SSSR count). The first-order chi connectivity index (χ1) is 13.6. The second kappa shape index (κ2) is 23.9. The van der Waals surface area contributed by atoms with Crippen LogP contribution in [0, 0.1) is 71.2 Å². The van der Waals surface area contributed by atoms with Crippen molar-refractivity contribution in [2.24, 2.45) is 0 Å².